The first kappa shape index (κ1) is 27.1. The fourth-order valence-electron chi connectivity index (χ4n) is 4.43. The van der Waals surface area contributed by atoms with Gasteiger partial charge in [-0.05, 0) is 64.5 Å². The van der Waals surface area contributed by atoms with E-state index in [1.165, 1.54) is 10.9 Å². The highest BCUT2D eigenvalue weighted by molar-refractivity contribution is 9.10. The first-order chi connectivity index (χ1) is 19.9. The molecular formula is C31H20BrCl2N3O4. The fraction of sp³-hybridized carbons (Fsp3) is 0.0645. The molecule has 10 heteroatoms. The molecule has 0 amide bonds. The average molecular weight is 649 g/mol. The molecule has 0 radical (unpaired) electrons. The number of hydrogen-bond donors (Lipinski definition) is 0. The van der Waals surface area contributed by atoms with Crippen LogP contribution in [0.1, 0.15) is 11.1 Å². The molecule has 0 unspecified atom stereocenters. The van der Waals surface area contributed by atoms with Crippen LogP contribution in [-0.4, -0.2) is 23.0 Å². The summed E-state index contributed by atoms with van der Waals surface area (Å²) in [5, 5.41) is 6.77. The molecule has 0 atom stereocenters. The molecule has 6 rings (SSSR count). The van der Waals surface area contributed by atoms with Crippen LogP contribution in [0.4, 0.5) is 0 Å². The summed E-state index contributed by atoms with van der Waals surface area (Å²) >= 11 is 16.2. The van der Waals surface area contributed by atoms with Gasteiger partial charge in [-0.1, -0.05) is 59.6 Å². The molecule has 7 nitrogen and oxygen atoms in total. The molecule has 0 saturated heterocycles. The van der Waals surface area contributed by atoms with Gasteiger partial charge in [0.2, 0.25) is 5.82 Å². The molecule has 41 heavy (non-hydrogen) atoms. The molecule has 0 fully saturated rings. The minimum Gasteiger partial charge on any atom is -0.496 e. The van der Waals surface area contributed by atoms with Crippen molar-refractivity contribution < 1.29 is 13.9 Å². The van der Waals surface area contributed by atoms with E-state index in [-0.39, 0.29) is 18.0 Å². The molecule has 0 aliphatic rings. The van der Waals surface area contributed by atoms with Crippen LogP contribution in [0.25, 0.3) is 33.5 Å². The van der Waals surface area contributed by atoms with Crippen LogP contribution in [0.15, 0.2) is 104 Å². The molecule has 2 heterocycles. The molecule has 0 aliphatic heterocycles. The quantitative estimate of drug-likeness (QED) is 0.163. The van der Waals surface area contributed by atoms with Gasteiger partial charge in [0, 0.05) is 21.2 Å². The Morgan fingerprint density at radius 1 is 1.00 bits per heavy atom. The van der Waals surface area contributed by atoms with Crippen molar-refractivity contribution in [1.29, 1.82) is 0 Å². The maximum atomic E-state index is 13.7. The maximum Gasteiger partial charge on any atom is 0.282 e. The third-order valence-electron chi connectivity index (χ3n) is 6.39. The Labute approximate surface area is 252 Å². The number of methoxy groups -OCH3 is 1. The molecule has 2 aromatic heterocycles. The summed E-state index contributed by atoms with van der Waals surface area (Å²) < 4.78 is 19.6. The topological polar surface area (TPSA) is 78.9 Å². The molecule has 6 aromatic rings. The minimum absolute atomic E-state index is 0.213. The van der Waals surface area contributed by atoms with Gasteiger partial charge in [-0.25, -0.2) is 4.98 Å². The molecule has 0 aliphatic carbocycles. The summed E-state index contributed by atoms with van der Waals surface area (Å²) in [6, 6.07) is 25.2. The maximum absolute atomic E-state index is 13.7. The summed E-state index contributed by atoms with van der Waals surface area (Å²) in [5.74, 6) is 1.70. The van der Waals surface area contributed by atoms with Gasteiger partial charge in [-0.3, -0.25) is 4.79 Å². The lowest BCUT2D eigenvalue weighted by Gasteiger charge is -2.13. The normalized spacial score (nSPS) is 11.5. The van der Waals surface area contributed by atoms with Gasteiger partial charge in [0.1, 0.15) is 23.7 Å². The van der Waals surface area contributed by atoms with E-state index in [1.807, 2.05) is 42.5 Å². The second-order valence-electron chi connectivity index (χ2n) is 8.98. The van der Waals surface area contributed by atoms with E-state index in [2.05, 4.69) is 21.0 Å². The van der Waals surface area contributed by atoms with Gasteiger partial charge in [0.25, 0.3) is 5.56 Å². The van der Waals surface area contributed by atoms with Crippen LogP contribution in [0, 0.1) is 0 Å². The summed E-state index contributed by atoms with van der Waals surface area (Å²) in [5.41, 5.74) is 2.09. The van der Waals surface area contributed by atoms with Crippen molar-refractivity contribution in [3.05, 3.63) is 121 Å². The van der Waals surface area contributed by atoms with Crippen molar-refractivity contribution in [2.45, 2.75) is 6.61 Å². The molecule has 0 spiro atoms. The lowest BCUT2D eigenvalue weighted by atomic mass is 10.2. The van der Waals surface area contributed by atoms with Crippen molar-refractivity contribution >= 4 is 67.2 Å². The van der Waals surface area contributed by atoms with Crippen LogP contribution in [-0.2, 0) is 6.61 Å². The Morgan fingerprint density at radius 3 is 2.63 bits per heavy atom. The highest BCUT2D eigenvalue weighted by Crippen LogP contribution is 2.34. The highest BCUT2D eigenvalue weighted by Gasteiger charge is 2.18. The lowest BCUT2D eigenvalue weighted by Crippen LogP contribution is -2.20. The predicted molar refractivity (Wildman–Crippen MR) is 166 cm³/mol. The van der Waals surface area contributed by atoms with Crippen molar-refractivity contribution in [2.75, 3.05) is 7.11 Å². The average Bonchev–Trinajstić information content (AvgIpc) is 3.41. The number of fused-ring (bicyclic) bond motifs is 2. The summed E-state index contributed by atoms with van der Waals surface area (Å²) in [7, 11) is 1.59. The molecule has 0 saturated carbocycles. The van der Waals surface area contributed by atoms with Crippen LogP contribution in [0.2, 0.25) is 10.0 Å². The lowest BCUT2D eigenvalue weighted by molar-refractivity contribution is 0.304. The molecule has 4 aromatic carbocycles. The van der Waals surface area contributed by atoms with E-state index in [4.69, 9.17) is 42.1 Å². The first-order valence-electron chi connectivity index (χ1n) is 12.4. The van der Waals surface area contributed by atoms with Crippen LogP contribution in [0.3, 0.4) is 0 Å². The number of halogens is 3. The number of para-hydroxylation sites is 1. The van der Waals surface area contributed by atoms with Crippen LogP contribution >= 0.6 is 39.1 Å². The summed E-state index contributed by atoms with van der Waals surface area (Å²) in [6.45, 7) is 0.213. The Hall–Kier alpha value is -4.11. The van der Waals surface area contributed by atoms with Crippen LogP contribution in [0.5, 0.6) is 11.5 Å². The van der Waals surface area contributed by atoms with E-state index < -0.39 is 0 Å². The van der Waals surface area contributed by atoms with Gasteiger partial charge in [0.05, 0.1) is 34.1 Å². The Kier molecular flexibility index (Phi) is 7.53. The number of furan rings is 1. The number of ether oxygens (including phenoxy) is 2. The monoisotopic (exact) mass is 647 g/mol. The Bertz CT molecular complexity index is 2020. The van der Waals surface area contributed by atoms with E-state index in [0.29, 0.717) is 53.8 Å². The predicted octanol–water partition coefficient (Wildman–Crippen LogP) is 8.35. The fourth-order valence-corrected chi connectivity index (χ4v) is 5.57. The third kappa shape index (κ3) is 5.34. The summed E-state index contributed by atoms with van der Waals surface area (Å²) in [6.07, 6.45) is 1.50. The largest absolute Gasteiger partial charge is 0.496 e. The second kappa shape index (κ2) is 11.4. The number of aromatic nitrogens is 2. The Morgan fingerprint density at radius 2 is 1.80 bits per heavy atom. The zero-order valence-electron chi connectivity index (χ0n) is 21.5. The number of hydrogen-bond acceptors (Lipinski definition) is 6. The molecule has 204 valence electrons. The van der Waals surface area contributed by atoms with Crippen molar-refractivity contribution in [3.63, 3.8) is 0 Å². The van der Waals surface area contributed by atoms with E-state index in [9.17, 15) is 4.79 Å². The summed E-state index contributed by atoms with van der Waals surface area (Å²) in [4.78, 5) is 18.5. The third-order valence-corrected chi connectivity index (χ3v) is 7.57. The molecular weight excluding hydrogens is 629 g/mol. The van der Waals surface area contributed by atoms with E-state index >= 15 is 0 Å². The van der Waals surface area contributed by atoms with Crippen molar-refractivity contribution in [1.82, 2.24) is 9.66 Å². The van der Waals surface area contributed by atoms with E-state index in [1.54, 1.807) is 49.6 Å². The number of rotatable bonds is 7. The smallest absolute Gasteiger partial charge is 0.282 e. The van der Waals surface area contributed by atoms with Gasteiger partial charge < -0.3 is 13.9 Å². The number of nitrogens with zero attached hydrogens (tertiary/aromatic N) is 3. The van der Waals surface area contributed by atoms with Crippen LogP contribution < -0.4 is 15.0 Å². The van der Waals surface area contributed by atoms with Gasteiger partial charge in [-0.15, -0.1) is 0 Å². The second-order valence-corrected chi connectivity index (χ2v) is 10.7. The zero-order valence-corrected chi connectivity index (χ0v) is 24.6. The molecule has 0 bridgehead atoms. The zero-order chi connectivity index (χ0) is 28.5. The van der Waals surface area contributed by atoms with Crippen molar-refractivity contribution in [2.24, 2.45) is 5.10 Å². The van der Waals surface area contributed by atoms with Gasteiger partial charge in [0.15, 0.2) is 5.76 Å². The van der Waals surface area contributed by atoms with Gasteiger partial charge in [-0.2, -0.15) is 9.78 Å². The first-order valence-corrected chi connectivity index (χ1v) is 14.0. The number of benzene rings is 4. The highest BCUT2D eigenvalue weighted by atomic mass is 79.9. The standard InChI is InChI=1S/C31H20BrCl2N3O4/c1-39-26-11-6-12-27-22(26)15-28(41-27)30-36-25-10-5-3-8-21(25)31(38)37(30)35-16-19-13-20(33)14-23(32)29(19)40-17-18-7-2-4-9-24(18)34/h2-16H,17H2,1H3. The SMILES string of the molecule is COc1cccc2oc(-c3nc4ccccc4c(=O)n3N=Cc3cc(Cl)cc(Br)c3OCc3ccccc3Cl)cc12. The molecule has 0 N–H and O–H groups in total. The minimum atomic E-state index is -0.367. The van der Waals surface area contributed by atoms with Crippen molar-refractivity contribution in [3.8, 4) is 23.1 Å². The Balaban J connectivity index is 1.48. The van der Waals surface area contributed by atoms with E-state index in [0.717, 1.165) is 10.9 Å². The van der Waals surface area contributed by atoms with Gasteiger partial charge >= 0.3 is 0 Å².